The number of esters is 1. The zero-order valence-corrected chi connectivity index (χ0v) is 29.6. The lowest BCUT2D eigenvalue weighted by molar-refractivity contribution is -0.377. The summed E-state index contributed by atoms with van der Waals surface area (Å²) >= 11 is 12.8. The van der Waals surface area contributed by atoms with Crippen LogP contribution in [-0.4, -0.2) is 67.1 Å². The van der Waals surface area contributed by atoms with Gasteiger partial charge in [-0.1, -0.05) is 29.3 Å². The fraction of sp³-hybridized carbons (Fsp3) is 0.294. The third-order valence-corrected chi connectivity index (χ3v) is 10.0. The predicted octanol–water partition coefficient (Wildman–Crippen LogP) is 5.08. The van der Waals surface area contributed by atoms with Crippen LogP contribution in [-0.2, 0) is 32.5 Å². The quantitative estimate of drug-likeness (QED) is 0.118. The third kappa shape index (κ3) is 8.57. The van der Waals surface area contributed by atoms with Crippen molar-refractivity contribution in [1.82, 2.24) is 14.9 Å². The highest BCUT2D eigenvalue weighted by Gasteiger charge is 2.39. The van der Waals surface area contributed by atoms with E-state index in [-0.39, 0.29) is 69.7 Å². The van der Waals surface area contributed by atoms with Crippen LogP contribution in [0.2, 0.25) is 10.0 Å². The van der Waals surface area contributed by atoms with E-state index in [1.54, 1.807) is 6.07 Å². The van der Waals surface area contributed by atoms with Crippen molar-refractivity contribution in [3.8, 4) is 11.5 Å². The van der Waals surface area contributed by atoms with Crippen LogP contribution < -0.4 is 18.8 Å². The maximum atomic E-state index is 13.5. The maximum absolute atomic E-state index is 13.5. The molecule has 1 atom stereocenters. The Morgan fingerprint density at radius 1 is 1.02 bits per heavy atom. The van der Waals surface area contributed by atoms with Crippen LogP contribution in [0.3, 0.4) is 0 Å². The van der Waals surface area contributed by atoms with Crippen molar-refractivity contribution in [1.29, 1.82) is 0 Å². The molecule has 6 rings (SSSR count). The summed E-state index contributed by atoms with van der Waals surface area (Å²) in [7, 11) is -3.89. The number of nitrogens with zero attached hydrogens (tertiary/aromatic N) is 4. The molecule has 1 N–H and O–H groups in total. The number of imide groups is 1. The number of H-pyrrole nitrogens is 1. The lowest BCUT2D eigenvalue weighted by Crippen LogP contribution is -2.36. The number of sulfonamides is 1. The molecule has 4 aromatic rings. The summed E-state index contributed by atoms with van der Waals surface area (Å²) in [6.45, 7) is -3.91. The summed E-state index contributed by atoms with van der Waals surface area (Å²) in [5.74, 6) is -2.39. The van der Waals surface area contributed by atoms with Gasteiger partial charge in [0.15, 0.2) is 23.9 Å². The Bertz CT molecular complexity index is 2110. The number of alkyl halides is 2. The van der Waals surface area contributed by atoms with Gasteiger partial charge in [0.05, 0.1) is 36.2 Å². The van der Waals surface area contributed by atoms with E-state index >= 15 is 0 Å². The van der Waals surface area contributed by atoms with Crippen LogP contribution in [0.15, 0.2) is 67.3 Å². The Morgan fingerprint density at radius 2 is 1.71 bits per heavy atom. The SMILES string of the molecule is CS(=O)(=O)N(Cc1ncccn1)c1ccc2c(c1)C(=O)N(CC(=O)O[C@@H](Cc1c(Cl)c[nH+]cc1Cl)c1ccc(OC(F)F)c(OCC3CC3)c1)C2=O. The molecule has 0 bridgehead atoms. The van der Waals surface area contributed by atoms with E-state index in [1.807, 2.05) is 0 Å². The highest BCUT2D eigenvalue weighted by atomic mass is 35.5. The van der Waals surface area contributed by atoms with Crippen molar-refractivity contribution in [2.45, 2.75) is 38.5 Å². The molecule has 2 amide bonds. The summed E-state index contributed by atoms with van der Waals surface area (Å²) in [6.07, 6.45) is 7.45. The number of ether oxygens (including phenoxy) is 3. The van der Waals surface area contributed by atoms with Crippen molar-refractivity contribution in [3.05, 3.63) is 105 Å². The zero-order valence-electron chi connectivity index (χ0n) is 27.3. The minimum Gasteiger partial charge on any atom is -0.489 e. The van der Waals surface area contributed by atoms with Gasteiger partial charge in [0.2, 0.25) is 10.0 Å². The van der Waals surface area contributed by atoms with E-state index < -0.39 is 47.1 Å². The summed E-state index contributed by atoms with van der Waals surface area (Å²) in [4.78, 5) is 52.0. The summed E-state index contributed by atoms with van der Waals surface area (Å²) in [5, 5.41) is 0.434. The summed E-state index contributed by atoms with van der Waals surface area (Å²) in [5.41, 5.74) is 0.593. The molecule has 1 aliphatic carbocycles. The van der Waals surface area contributed by atoms with Gasteiger partial charge in [0.25, 0.3) is 11.8 Å². The van der Waals surface area contributed by atoms with Gasteiger partial charge in [0.1, 0.15) is 28.5 Å². The Kier molecular flexibility index (Phi) is 10.9. The van der Waals surface area contributed by atoms with Crippen molar-refractivity contribution in [2.24, 2.45) is 5.92 Å². The molecular formula is C34H30Cl2F2N5O8S+. The Labute approximate surface area is 306 Å². The number of aromatic nitrogens is 3. The van der Waals surface area contributed by atoms with Crippen LogP contribution >= 0.6 is 23.2 Å². The molecule has 0 saturated heterocycles. The second kappa shape index (κ2) is 15.4. The Morgan fingerprint density at radius 3 is 2.37 bits per heavy atom. The molecule has 13 nitrogen and oxygen atoms in total. The van der Waals surface area contributed by atoms with E-state index in [4.69, 9.17) is 32.7 Å². The first-order chi connectivity index (χ1) is 24.8. The molecule has 2 aliphatic rings. The smallest absolute Gasteiger partial charge is 0.387 e. The first-order valence-electron chi connectivity index (χ1n) is 15.8. The molecule has 272 valence electrons. The number of benzene rings is 2. The number of amides is 2. The zero-order chi connectivity index (χ0) is 37.2. The standard InChI is InChI=1S/C34H29Cl2F2N5O8S/c1-52(47,48)43(16-30-40-9-2-10-41-30)21-6-7-22-23(12-21)33(46)42(32(22)45)17-31(44)50-28(13-24-25(35)14-39-15-26(24)36)20-5-8-27(51-34(37)38)29(11-20)49-18-19-3-4-19/h2,5-12,14-15,19,28,34H,3-4,13,16-18H2,1H3/p+1/t28-/m0/s1. The average molecular weight is 778 g/mol. The van der Waals surface area contributed by atoms with Crippen LogP contribution in [0.5, 0.6) is 11.5 Å². The maximum Gasteiger partial charge on any atom is 0.387 e. The number of rotatable bonds is 15. The monoisotopic (exact) mass is 776 g/mol. The van der Waals surface area contributed by atoms with Crippen molar-refractivity contribution in [2.75, 3.05) is 23.7 Å². The Balaban J connectivity index is 1.25. The number of hydrogen-bond acceptors (Lipinski definition) is 10. The van der Waals surface area contributed by atoms with Crippen LogP contribution in [0.4, 0.5) is 14.5 Å². The summed E-state index contributed by atoms with van der Waals surface area (Å²) in [6, 6.07) is 9.56. The lowest BCUT2D eigenvalue weighted by atomic mass is 10.0. The first kappa shape index (κ1) is 36.8. The van der Waals surface area contributed by atoms with E-state index in [0.29, 0.717) is 16.0 Å². The third-order valence-electron chi connectivity index (χ3n) is 8.22. The fourth-order valence-corrected chi connectivity index (χ4v) is 6.83. The minimum absolute atomic E-state index is 0.00227. The molecule has 52 heavy (non-hydrogen) atoms. The molecule has 1 fully saturated rings. The first-order valence-corrected chi connectivity index (χ1v) is 18.4. The number of carbonyl (C=O) groups is 3. The number of hydrogen-bond donors (Lipinski definition) is 0. The molecule has 3 heterocycles. The molecule has 2 aromatic carbocycles. The number of halogens is 4. The molecule has 0 radical (unpaired) electrons. The van der Waals surface area contributed by atoms with Gasteiger partial charge in [-0.3, -0.25) is 23.6 Å². The second-order valence-corrected chi connectivity index (χ2v) is 14.7. The van der Waals surface area contributed by atoms with Gasteiger partial charge in [-0.25, -0.2) is 23.4 Å². The van der Waals surface area contributed by atoms with Gasteiger partial charge in [-0.2, -0.15) is 8.78 Å². The number of carbonyl (C=O) groups excluding carboxylic acids is 3. The van der Waals surface area contributed by atoms with Gasteiger partial charge in [0, 0.05) is 24.4 Å². The molecule has 2 aromatic heterocycles. The highest BCUT2D eigenvalue weighted by molar-refractivity contribution is 7.92. The topological polar surface area (TPSA) is 159 Å². The number of nitrogens with one attached hydrogen (secondary N) is 1. The highest BCUT2D eigenvalue weighted by Crippen LogP contribution is 2.38. The van der Waals surface area contributed by atoms with Crippen LogP contribution in [0.25, 0.3) is 0 Å². The van der Waals surface area contributed by atoms with Gasteiger partial charge in [-0.15, -0.1) is 0 Å². The van der Waals surface area contributed by atoms with Crippen LogP contribution in [0.1, 0.15) is 56.6 Å². The molecule has 0 spiro atoms. The van der Waals surface area contributed by atoms with Crippen molar-refractivity contribution in [3.63, 3.8) is 0 Å². The normalized spacial score (nSPS) is 14.7. The van der Waals surface area contributed by atoms with Gasteiger partial charge >= 0.3 is 12.6 Å². The molecule has 0 unspecified atom stereocenters. The minimum atomic E-state index is -3.89. The van der Waals surface area contributed by atoms with E-state index in [9.17, 15) is 31.6 Å². The predicted molar refractivity (Wildman–Crippen MR) is 182 cm³/mol. The molecule has 18 heteroatoms. The number of aromatic amines is 1. The van der Waals surface area contributed by atoms with E-state index in [1.165, 1.54) is 61.2 Å². The number of pyridine rings is 1. The fourth-order valence-electron chi connectivity index (χ4n) is 5.45. The lowest BCUT2D eigenvalue weighted by Gasteiger charge is -2.22. The summed E-state index contributed by atoms with van der Waals surface area (Å²) < 4.78 is 69.1. The number of fused-ring (bicyclic) bond motifs is 1. The molecule has 1 saturated carbocycles. The average Bonchev–Trinajstić information content (AvgIpc) is 3.90. The second-order valence-electron chi connectivity index (χ2n) is 12.0. The van der Waals surface area contributed by atoms with E-state index in [0.717, 1.165) is 23.4 Å². The molecular weight excluding hydrogens is 747 g/mol. The van der Waals surface area contributed by atoms with Gasteiger partial charge < -0.3 is 14.2 Å². The van der Waals surface area contributed by atoms with E-state index in [2.05, 4.69) is 19.7 Å². The molecule has 1 aliphatic heterocycles. The van der Waals surface area contributed by atoms with Crippen LogP contribution in [0, 0.1) is 5.92 Å². The Hall–Kier alpha value is -4.93. The number of anilines is 1. The van der Waals surface area contributed by atoms with Crippen molar-refractivity contribution < 1.29 is 50.8 Å². The van der Waals surface area contributed by atoms with Crippen molar-refractivity contribution >= 4 is 56.7 Å². The largest absolute Gasteiger partial charge is 0.489 e. The van der Waals surface area contributed by atoms with Gasteiger partial charge in [-0.05, 0) is 60.7 Å².